The van der Waals surface area contributed by atoms with Gasteiger partial charge in [0.15, 0.2) is 0 Å². The third kappa shape index (κ3) is 1.54. The highest BCUT2D eigenvalue weighted by Gasteiger charge is 2.39. The molecule has 0 unspecified atom stereocenters. The van der Waals surface area contributed by atoms with E-state index in [4.69, 9.17) is 4.74 Å². The number of amides is 2. The number of carbonyl (C=O) groups is 2. The minimum Gasteiger partial charge on any atom is -0.469 e. The van der Waals surface area contributed by atoms with Crippen LogP contribution in [0.2, 0.25) is 0 Å². The van der Waals surface area contributed by atoms with E-state index in [2.05, 4.69) is 10.6 Å². The van der Waals surface area contributed by atoms with Crippen LogP contribution in [0.15, 0.2) is 0 Å². The molecule has 1 saturated carbocycles. The second kappa shape index (κ2) is 3.48. The number of methoxy groups -OCH3 is 1. The van der Waals surface area contributed by atoms with Crippen molar-refractivity contribution >= 4 is 12.0 Å². The number of hydrogen-bond acceptors (Lipinski definition) is 3. The van der Waals surface area contributed by atoms with Crippen molar-refractivity contribution in [2.75, 3.05) is 7.11 Å². The van der Waals surface area contributed by atoms with E-state index in [0.717, 1.165) is 12.8 Å². The highest BCUT2D eigenvalue weighted by Crippen LogP contribution is 2.27. The van der Waals surface area contributed by atoms with Crippen LogP contribution in [0.4, 0.5) is 4.79 Å². The number of urea groups is 1. The number of ether oxygens (including phenoxy) is 1. The summed E-state index contributed by atoms with van der Waals surface area (Å²) in [4.78, 5) is 22.3. The molecule has 1 aliphatic heterocycles. The lowest BCUT2D eigenvalue weighted by atomic mass is 9.83. The van der Waals surface area contributed by atoms with E-state index in [-0.39, 0.29) is 30.0 Å². The van der Waals surface area contributed by atoms with E-state index in [1.165, 1.54) is 7.11 Å². The van der Waals surface area contributed by atoms with Crippen molar-refractivity contribution < 1.29 is 14.3 Å². The van der Waals surface area contributed by atoms with Crippen molar-refractivity contribution in [3.63, 3.8) is 0 Å². The Kier molecular flexibility index (Phi) is 2.31. The predicted molar refractivity (Wildman–Crippen MR) is 48.6 cm³/mol. The molecule has 78 valence electrons. The SMILES string of the molecule is COC(=O)[C@H]1CC[C@@H]2NC(=O)N[C@@H]2C1. The Morgan fingerprint density at radius 3 is 2.79 bits per heavy atom. The van der Waals surface area contributed by atoms with Gasteiger partial charge in [-0.2, -0.15) is 0 Å². The first-order chi connectivity index (χ1) is 6.70. The molecule has 3 atom stereocenters. The van der Waals surface area contributed by atoms with E-state index in [1.807, 2.05) is 0 Å². The molecule has 0 aromatic heterocycles. The molecule has 0 aromatic rings. The fraction of sp³-hybridized carbons (Fsp3) is 0.778. The zero-order valence-electron chi connectivity index (χ0n) is 8.08. The lowest BCUT2D eigenvalue weighted by Gasteiger charge is -2.28. The maximum Gasteiger partial charge on any atom is 0.315 e. The molecule has 2 rings (SSSR count). The van der Waals surface area contributed by atoms with Crippen LogP contribution < -0.4 is 10.6 Å². The minimum atomic E-state index is -0.162. The molecule has 0 bridgehead atoms. The molecule has 1 aliphatic carbocycles. The maximum atomic E-state index is 11.3. The van der Waals surface area contributed by atoms with Gasteiger partial charge in [-0.05, 0) is 19.3 Å². The second-order valence-electron chi connectivity index (χ2n) is 3.86. The summed E-state index contributed by atoms with van der Waals surface area (Å²) in [7, 11) is 1.40. The van der Waals surface area contributed by atoms with Crippen molar-refractivity contribution in [2.45, 2.75) is 31.3 Å². The van der Waals surface area contributed by atoms with E-state index >= 15 is 0 Å². The smallest absolute Gasteiger partial charge is 0.315 e. The average molecular weight is 198 g/mol. The minimum absolute atomic E-state index is 0.0542. The molecule has 1 heterocycles. The van der Waals surface area contributed by atoms with Crippen molar-refractivity contribution in [1.29, 1.82) is 0 Å². The lowest BCUT2D eigenvalue weighted by Crippen LogP contribution is -2.41. The fourth-order valence-electron chi connectivity index (χ4n) is 2.26. The maximum absolute atomic E-state index is 11.3. The zero-order valence-corrected chi connectivity index (χ0v) is 8.08. The Morgan fingerprint density at radius 1 is 1.36 bits per heavy atom. The third-order valence-electron chi connectivity index (χ3n) is 3.02. The van der Waals surface area contributed by atoms with Gasteiger partial charge < -0.3 is 15.4 Å². The van der Waals surface area contributed by atoms with Gasteiger partial charge in [-0.3, -0.25) is 4.79 Å². The van der Waals surface area contributed by atoms with Gasteiger partial charge in [-0.1, -0.05) is 0 Å². The number of rotatable bonds is 1. The van der Waals surface area contributed by atoms with E-state index < -0.39 is 0 Å². The van der Waals surface area contributed by atoms with Gasteiger partial charge in [0.1, 0.15) is 0 Å². The van der Waals surface area contributed by atoms with Crippen LogP contribution in [-0.4, -0.2) is 31.2 Å². The fourth-order valence-corrected chi connectivity index (χ4v) is 2.26. The molecule has 2 amide bonds. The Balaban J connectivity index is 1.97. The molecule has 0 radical (unpaired) electrons. The van der Waals surface area contributed by atoms with Crippen molar-refractivity contribution in [3.8, 4) is 0 Å². The summed E-state index contributed by atoms with van der Waals surface area (Å²) >= 11 is 0. The van der Waals surface area contributed by atoms with Gasteiger partial charge in [-0.15, -0.1) is 0 Å². The normalized spacial score (nSPS) is 35.5. The summed E-state index contributed by atoms with van der Waals surface area (Å²) in [5, 5.41) is 5.64. The summed E-state index contributed by atoms with van der Waals surface area (Å²) in [6.07, 6.45) is 2.34. The summed E-state index contributed by atoms with van der Waals surface area (Å²) in [6, 6.07) is 0.175. The van der Waals surface area contributed by atoms with Crippen LogP contribution in [0.1, 0.15) is 19.3 Å². The molecule has 1 saturated heterocycles. The Bertz CT molecular complexity index is 267. The molecule has 0 aromatic carbocycles. The number of carbonyl (C=O) groups excluding carboxylic acids is 2. The lowest BCUT2D eigenvalue weighted by molar-refractivity contribution is -0.146. The average Bonchev–Trinajstić information content (AvgIpc) is 2.55. The van der Waals surface area contributed by atoms with Crippen LogP contribution in [0, 0.1) is 5.92 Å². The largest absolute Gasteiger partial charge is 0.469 e. The van der Waals surface area contributed by atoms with Crippen molar-refractivity contribution in [2.24, 2.45) is 5.92 Å². The summed E-state index contributed by atoms with van der Waals surface area (Å²) < 4.78 is 4.69. The zero-order chi connectivity index (χ0) is 10.1. The van der Waals surface area contributed by atoms with Crippen LogP contribution in [0.5, 0.6) is 0 Å². The Hall–Kier alpha value is -1.26. The van der Waals surface area contributed by atoms with Crippen molar-refractivity contribution in [1.82, 2.24) is 10.6 Å². The van der Waals surface area contributed by atoms with Gasteiger partial charge >= 0.3 is 12.0 Å². The topological polar surface area (TPSA) is 67.4 Å². The number of hydrogen-bond donors (Lipinski definition) is 2. The summed E-state index contributed by atoms with van der Waals surface area (Å²) in [5.41, 5.74) is 0. The predicted octanol–water partition coefficient (Wildman–Crippen LogP) is 0.00950. The summed E-state index contributed by atoms with van der Waals surface area (Å²) in [6.45, 7) is 0. The molecular weight excluding hydrogens is 184 g/mol. The van der Waals surface area contributed by atoms with E-state index in [1.54, 1.807) is 0 Å². The first kappa shape index (κ1) is 9.30. The highest BCUT2D eigenvalue weighted by atomic mass is 16.5. The quantitative estimate of drug-likeness (QED) is 0.583. The van der Waals surface area contributed by atoms with Crippen molar-refractivity contribution in [3.05, 3.63) is 0 Å². The molecule has 0 spiro atoms. The Morgan fingerprint density at radius 2 is 2.07 bits per heavy atom. The van der Waals surface area contributed by atoms with Gasteiger partial charge in [-0.25, -0.2) is 4.79 Å². The van der Waals surface area contributed by atoms with Crippen LogP contribution in [-0.2, 0) is 9.53 Å². The van der Waals surface area contributed by atoms with Crippen LogP contribution >= 0.6 is 0 Å². The van der Waals surface area contributed by atoms with Gasteiger partial charge in [0.2, 0.25) is 0 Å². The molecular formula is C9H14N2O3. The van der Waals surface area contributed by atoms with Crippen LogP contribution in [0.25, 0.3) is 0 Å². The third-order valence-corrected chi connectivity index (χ3v) is 3.02. The van der Waals surface area contributed by atoms with E-state index in [0.29, 0.717) is 6.42 Å². The second-order valence-corrected chi connectivity index (χ2v) is 3.86. The Labute approximate surface area is 82.2 Å². The van der Waals surface area contributed by atoms with Gasteiger partial charge in [0.25, 0.3) is 0 Å². The highest BCUT2D eigenvalue weighted by molar-refractivity contribution is 5.78. The first-order valence-corrected chi connectivity index (χ1v) is 4.85. The number of nitrogens with one attached hydrogen (secondary N) is 2. The number of fused-ring (bicyclic) bond motifs is 1. The van der Waals surface area contributed by atoms with Crippen LogP contribution in [0.3, 0.4) is 0 Å². The van der Waals surface area contributed by atoms with E-state index in [9.17, 15) is 9.59 Å². The first-order valence-electron chi connectivity index (χ1n) is 4.85. The molecule has 5 nitrogen and oxygen atoms in total. The molecule has 5 heteroatoms. The summed E-state index contributed by atoms with van der Waals surface area (Å²) in [5.74, 6) is -0.217. The number of esters is 1. The van der Waals surface area contributed by atoms with Gasteiger partial charge in [0.05, 0.1) is 25.1 Å². The molecule has 2 N–H and O–H groups in total. The van der Waals surface area contributed by atoms with Gasteiger partial charge in [0, 0.05) is 0 Å². The monoisotopic (exact) mass is 198 g/mol. The molecule has 2 aliphatic rings. The molecule has 2 fully saturated rings. The standard InChI is InChI=1S/C9H14N2O3/c1-14-8(12)5-2-3-6-7(4-5)11-9(13)10-6/h5-7H,2-4H2,1H3,(H2,10,11,13)/t5-,6-,7+/m0/s1. The molecule has 14 heavy (non-hydrogen) atoms.